The second-order valence-corrected chi connectivity index (χ2v) is 10.3. The lowest BCUT2D eigenvalue weighted by Crippen LogP contribution is -2.36. The minimum atomic E-state index is -1.09. The molecule has 0 radical (unpaired) electrons. The monoisotopic (exact) mass is 540 g/mol. The number of benzene rings is 2. The summed E-state index contributed by atoms with van der Waals surface area (Å²) in [5, 5.41) is 24.8. The minimum absolute atomic E-state index is 0.0840. The van der Waals surface area contributed by atoms with Gasteiger partial charge in [-0.1, -0.05) is 61.2 Å². The zero-order valence-electron chi connectivity index (χ0n) is 20.8. The molecule has 0 saturated heterocycles. The molecular weight excluding hydrogens is 512 g/mol. The number of aromatic carboxylic acids is 1. The smallest absolute Gasteiger partial charge is 0.354 e. The first-order valence-electron chi connectivity index (χ1n) is 12.6. The van der Waals surface area contributed by atoms with Crippen molar-refractivity contribution < 1.29 is 34.0 Å². The Bertz CT molecular complexity index is 1330. The Kier molecular flexibility index (Phi) is 7.58. The Labute approximate surface area is 224 Å². The zero-order valence-corrected chi connectivity index (χ0v) is 21.6. The average molecular weight is 541 g/mol. The third-order valence-electron chi connectivity index (χ3n) is 7.24. The number of nitrogens with zero attached hydrogens (tertiary/aromatic N) is 2. The summed E-state index contributed by atoms with van der Waals surface area (Å²) in [6.45, 7) is 0.246. The van der Waals surface area contributed by atoms with Crippen molar-refractivity contribution >= 4 is 23.5 Å². The van der Waals surface area contributed by atoms with Crippen LogP contribution < -0.4 is 9.47 Å². The molecule has 38 heavy (non-hydrogen) atoms. The van der Waals surface area contributed by atoms with Crippen LogP contribution in [0.25, 0.3) is 11.3 Å². The maximum atomic E-state index is 12.8. The molecule has 2 aromatic carbocycles. The van der Waals surface area contributed by atoms with Crippen molar-refractivity contribution in [3.8, 4) is 22.8 Å². The van der Waals surface area contributed by atoms with Gasteiger partial charge in [0.15, 0.2) is 17.2 Å². The molecule has 2 heterocycles. The molecular formula is C28H29ClN2O7. The first kappa shape index (κ1) is 26.1. The van der Waals surface area contributed by atoms with Gasteiger partial charge >= 0.3 is 11.9 Å². The molecule has 0 amide bonds. The SMILES string of the molecule is O=C(O)COCC1(Cn2nc(-c3ccccc3)c(Cc3cc4c(cc3Cl)OCO4)c2C(=O)O)CCCCC1. The molecule has 200 valence electrons. The highest BCUT2D eigenvalue weighted by molar-refractivity contribution is 6.31. The summed E-state index contributed by atoms with van der Waals surface area (Å²) in [5.74, 6) is -1.01. The predicted octanol–water partition coefficient (Wildman–Crippen LogP) is 5.27. The third kappa shape index (κ3) is 5.49. The van der Waals surface area contributed by atoms with E-state index in [2.05, 4.69) is 0 Å². The molecule has 9 nitrogen and oxygen atoms in total. The number of rotatable bonds is 10. The van der Waals surface area contributed by atoms with Crippen molar-refractivity contribution in [1.29, 1.82) is 0 Å². The van der Waals surface area contributed by atoms with Gasteiger partial charge in [-0.25, -0.2) is 9.59 Å². The summed E-state index contributed by atoms with van der Waals surface area (Å²) in [7, 11) is 0. The van der Waals surface area contributed by atoms with Crippen LogP contribution in [0.2, 0.25) is 5.02 Å². The van der Waals surface area contributed by atoms with Gasteiger partial charge in [0.1, 0.15) is 6.61 Å². The Morgan fingerprint density at radius 3 is 2.45 bits per heavy atom. The highest BCUT2D eigenvalue weighted by Gasteiger charge is 2.36. The quantitative estimate of drug-likeness (QED) is 0.357. The molecule has 1 saturated carbocycles. The van der Waals surface area contributed by atoms with Crippen LogP contribution in [-0.4, -0.2) is 51.9 Å². The summed E-state index contributed by atoms with van der Waals surface area (Å²) < 4.78 is 18.1. The lowest BCUT2D eigenvalue weighted by Gasteiger charge is -2.37. The van der Waals surface area contributed by atoms with Gasteiger partial charge in [0.25, 0.3) is 0 Å². The molecule has 0 atom stereocenters. The summed E-state index contributed by atoms with van der Waals surface area (Å²) in [4.78, 5) is 23.8. The standard InChI is InChI=1S/C28H29ClN2O7/c29-21-13-23-22(37-17-38-23)12-19(21)11-20-25(18-7-3-1-4-8-18)30-31(26(20)27(34)35)15-28(9-5-2-6-10-28)16-36-14-24(32)33/h1,3-4,7-8,12-13H,2,5-6,9-11,14-17H2,(H,32,33)(H,34,35). The van der Waals surface area contributed by atoms with Crippen molar-refractivity contribution in [2.75, 3.05) is 20.0 Å². The first-order valence-corrected chi connectivity index (χ1v) is 13.0. The van der Waals surface area contributed by atoms with Crippen molar-refractivity contribution in [3.63, 3.8) is 0 Å². The van der Waals surface area contributed by atoms with Crippen LogP contribution in [0.15, 0.2) is 42.5 Å². The van der Waals surface area contributed by atoms with Gasteiger partial charge in [0.05, 0.1) is 12.3 Å². The summed E-state index contributed by atoms with van der Waals surface area (Å²) in [5.41, 5.74) is 2.27. The molecule has 0 bridgehead atoms. The highest BCUT2D eigenvalue weighted by atomic mass is 35.5. The third-order valence-corrected chi connectivity index (χ3v) is 7.59. The molecule has 2 N–H and O–H groups in total. The maximum Gasteiger partial charge on any atom is 0.354 e. The normalized spacial score (nSPS) is 15.9. The van der Waals surface area contributed by atoms with Crippen molar-refractivity contribution in [3.05, 3.63) is 64.3 Å². The summed E-state index contributed by atoms with van der Waals surface area (Å²) >= 11 is 6.58. The second-order valence-electron chi connectivity index (χ2n) is 9.93. The Hall–Kier alpha value is -3.56. The average Bonchev–Trinajstić information content (AvgIpc) is 3.49. The number of carboxylic acids is 2. The molecule has 1 fully saturated rings. The van der Waals surface area contributed by atoms with Crippen LogP contribution in [-0.2, 0) is 22.5 Å². The van der Waals surface area contributed by atoms with E-state index in [9.17, 15) is 14.7 Å². The second kappa shape index (κ2) is 11.0. The molecule has 0 spiro atoms. The Morgan fingerprint density at radius 1 is 1.05 bits per heavy atom. The number of halogens is 1. The minimum Gasteiger partial charge on any atom is -0.480 e. The lowest BCUT2D eigenvalue weighted by atomic mass is 9.74. The summed E-state index contributed by atoms with van der Waals surface area (Å²) in [6.07, 6.45) is 4.83. The molecule has 1 aliphatic heterocycles. The number of ether oxygens (including phenoxy) is 3. The van der Waals surface area contributed by atoms with Crippen LogP contribution in [0.1, 0.15) is 53.7 Å². The van der Waals surface area contributed by atoms with Crippen LogP contribution >= 0.6 is 11.6 Å². The van der Waals surface area contributed by atoms with Gasteiger partial charge in [-0.15, -0.1) is 0 Å². The van der Waals surface area contributed by atoms with Gasteiger partial charge in [0, 0.05) is 40.6 Å². The van der Waals surface area contributed by atoms with E-state index in [0.717, 1.165) is 37.7 Å². The van der Waals surface area contributed by atoms with Gasteiger partial charge in [-0.2, -0.15) is 5.10 Å². The van der Waals surface area contributed by atoms with Crippen LogP contribution in [0, 0.1) is 5.41 Å². The topological polar surface area (TPSA) is 120 Å². The van der Waals surface area contributed by atoms with E-state index < -0.39 is 24.0 Å². The largest absolute Gasteiger partial charge is 0.480 e. The fraction of sp³-hybridized carbons (Fsp3) is 0.393. The molecule has 1 aromatic heterocycles. The number of aromatic nitrogens is 2. The first-order chi connectivity index (χ1) is 18.3. The molecule has 5 rings (SSSR count). The van der Waals surface area contributed by atoms with E-state index in [1.165, 1.54) is 0 Å². The van der Waals surface area contributed by atoms with Crippen LogP contribution in [0.3, 0.4) is 0 Å². The molecule has 10 heteroatoms. The molecule has 0 unspecified atom stereocenters. The number of hydrogen-bond acceptors (Lipinski definition) is 6. The van der Waals surface area contributed by atoms with Gasteiger partial charge in [-0.3, -0.25) is 4.68 Å². The molecule has 2 aliphatic rings. The number of fused-ring (bicyclic) bond motifs is 1. The molecule has 1 aliphatic carbocycles. The van der Waals surface area contributed by atoms with Gasteiger partial charge in [0.2, 0.25) is 6.79 Å². The van der Waals surface area contributed by atoms with Crippen LogP contribution in [0.5, 0.6) is 11.5 Å². The Morgan fingerprint density at radius 2 is 1.76 bits per heavy atom. The molecule has 3 aromatic rings. The predicted molar refractivity (Wildman–Crippen MR) is 139 cm³/mol. The number of aliphatic carboxylic acids is 1. The fourth-order valence-corrected chi connectivity index (χ4v) is 5.68. The highest BCUT2D eigenvalue weighted by Crippen LogP contribution is 2.41. The van der Waals surface area contributed by atoms with Crippen molar-refractivity contribution in [2.24, 2.45) is 5.41 Å². The van der Waals surface area contributed by atoms with Crippen LogP contribution in [0.4, 0.5) is 0 Å². The maximum absolute atomic E-state index is 12.8. The van der Waals surface area contributed by atoms with Gasteiger partial charge in [-0.05, 0) is 24.5 Å². The van der Waals surface area contributed by atoms with E-state index in [0.29, 0.717) is 39.9 Å². The zero-order chi connectivity index (χ0) is 26.7. The van der Waals surface area contributed by atoms with E-state index in [1.807, 2.05) is 30.3 Å². The number of hydrogen-bond donors (Lipinski definition) is 2. The number of carbonyl (C=O) groups is 2. The lowest BCUT2D eigenvalue weighted by molar-refractivity contribution is -0.144. The van der Waals surface area contributed by atoms with Gasteiger partial charge < -0.3 is 24.4 Å². The van der Waals surface area contributed by atoms with Crippen molar-refractivity contribution in [2.45, 2.75) is 45.1 Å². The van der Waals surface area contributed by atoms with E-state index in [-0.39, 0.29) is 25.5 Å². The van der Waals surface area contributed by atoms with Crippen molar-refractivity contribution in [1.82, 2.24) is 9.78 Å². The van der Waals surface area contributed by atoms with E-state index in [4.69, 9.17) is 36.0 Å². The van der Waals surface area contributed by atoms with E-state index >= 15 is 0 Å². The Balaban J connectivity index is 1.58. The van der Waals surface area contributed by atoms with E-state index in [1.54, 1.807) is 16.8 Å². The summed E-state index contributed by atoms with van der Waals surface area (Å²) in [6, 6.07) is 12.9. The fourth-order valence-electron chi connectivity index (χ4n) is 5.46. The number of carboxylic acid groups (broad SMARTS) is 2.